The van der Waals surface area contributed by atoms with Gasteiger partial charge in [0.1, 0.15) is 5.75 Å². The highest BCUT2D eigenvalue weighted by Crippen LogP contribution is 2.23. The summed E-state index contributed by atoms with van der Waals surface area (Å²) in [5.74, 6) is 0.187. The first-order valence-corrected chi connectivity index (χ1v) is 8.69. The molecular formula is C19H24N4OS. The van der Waals surface area contributed by atoms with E-state index in [9.17, 15) is 5.11 Å². The molecule has 6 heteroatoms. The van der Waals surface area contributed by atoms with Crippen molar-refractivity contribution in [3.63, 3.8) is 0 Å². The topological polar surface area (TPSA) is 59.9 Å². The number of nitrogens with zero attached hydrogens (tertiary/aromatic N) is 2. The predicted molar refractivity (Wildman–Crippen MR) is 110 cm³/mol. The van der Waals surface area contributed by atoms with E-state index < -0.39 is 0 Å². The summed E-state index contributed by atoms with van der Waals surface area (Å²) >= 11 is 5.20. The minimum absolute atomic E-state index is 0.187. The molecule has 0 amide bonds. The molecule has 0 radical (unpaired) electrons. The van der Waals surface area contributed by atoms with E-state index in [1.165, 1.54) is 5.56 Å². The lowest BCUT2D eigenvalue weighted by atomic mass is 10.2. The monoisotopic (exact) mass is 356 g/mol. The normalized spacial score (nSPS) is 10.7. The first-order chi connectivity index (χ1) is 12.0. The second kappa shape index (κ2) is 9.03. The van der Waals surface area contributed by atoms with Crippen LogP contribution in [0.2, 0.25) is 0 Å². The number of thiocarbonyl (C=S) groups is 1. The molecule has 0 aliphatic heterocycles. The Bertz CT molecular complexity index is 740. The highest BCUT2D eigenvalue weighted by Gasteiger charge is 2.05. The number of hydrogen-bond donors (Lipinski definition) is 3. The van der Waals surface area contributed by atoms with Gasteiger partial charge in [-0.3, -0.25) is 5.43 Å². The van der Waals surface area contributed by atoms with E-state index in [1.807, 2.05) is 43.3 Å². The van der Waals surface area contributed by atoms with Gasteiger partial charge in [0.05, 0.1) is 6.21 Å². The minimum atomic E-state index is 0.187. The number of phenols is 1. The van der Waals surface area contributed by atoms with Gasteiger partial charge in [-0.05, 0) is 57.3 Å². The fourth-order valence-corrected chi connectivity index (χ4v) is 2.55. The highest BCUT2D eigenvalue weighted by molar-refractivity contribution is 7.80. The van der Waals surface area contributed by atoms with Crippen molar-refractivity contribution in [3.05, 3.63) is 53.6 Å². The van der Waals surface area contributed by atoms with Crippen LogP contribution in [0.3, 0.4) is 0 Å². The second-order valence-electron chi connectivity index (χ2n) is 5.61. The zero-order chi connectivity index (χ0) is 18.2. The summed E-state index contributed by atoms with van der Waals surface area (Å²) in [6, 6.07) is 13.5. The van der Waals surface area contributed by atoms with Crippen molar-refractivity contribution in [1.29, 1.82) is 0 Å². The zero-order valence-electron chi connectivity index (χ0n) is 14.8. The molecule has 2 rings (SSSR count). The van der Waals surface area contributed by atoms with Crippen molar-refractivity contribution in [2.45, 2.75) is 20.8 Å². The molecule has 0 atom stereocenters. The van der Waals surface area contributed by atoms with Gasteiger partial charge in [-0.1, -0.05) is 17.7 Å². The van der Waals surface area contributed by atoms with Gasteiger partial charge in [-0.15, -0.1) is 0 Å². The van der Waals surface area contributed by atoms with E-state index >= 15 is 0 Å². The molecule has 0 aliphatic carbocycles. The molecule has 0 unspecified atom stereocenters. The molecule has 132 valence electrons. The van der Waals surface area contributed by atoms with Crippen LogP contribution in [0.1, 0.15) is 25.0 Å². The Morgan fingerprint density at radius 3 is 2.44 bits per heavy atom. The van der Waals surface area contributed by atoms with Crippen molar-refractivity contribution in [1.82, 2.24) is 5.43 Å². The number of benzene rings is 2. The number of nitrogens with one attached hydrogen (secondary N) is 2. The molecular weight excluding hydrogens is 332 g/mol. The fraction of sp³-hybridized carbons (Fsp3) is 0.263. The van der Waals surface area contributed by atoms with Gasteiger partial charge in [0.15, 0.2) is 5.11 Å². The molecule has 0 spiro atoms. The third kappa shape index (κ3) is 5.46. The van der Waals surface area contributed by atoms with Gasteiger partial charge in [0, 0.05) is 36.1 Å². The van der Waals surface area contributed by atoms with E-state index in [0.29, 0.717) is 10.7 Å². The van der Waals surface area contributed by atoms with Crippen LogP contribution in [-0.2, 0) is 0 Å². The van der Waals surface area contributed by atoms with E-state index in [0.717, 1.165) is 24.5 Å². The van der Waals surface area contributed by atoms with Gasteiger partial charge >= 0.3 is 0 Å². The lowest BCUT2D eigenvalue weighted by molar-refractivity contribution is 0.474. The molecule has 0 saturated heterocycles. The number of hydrazone groups is 1. The first-order valence-electron chi connectivity index (χ1n) is 8.28. The lowest BCUT2D eigenvalue weighted by Gasteiger charge is -2.21. The smallest absolute Gasteiger partial charge is 0.191 e. The third-order valence-corrected chi connectivity index (χ3v) is 4.02. The molecule has 5 nitrogen and oxygen atoms in total. The molecule has 0 aliphatic rings. The summed E-state index contributed by atoms with van der Waals surface area (Å²) in [6.07, 6.45) is 1.55. The van der Waals surface area contributed by atoms with Gasteiger partial charge < -0.3 is 15.3 Å². The zero-order valence-corrected chi connectivity index (χ0v) is 15.6. The maximum atomic E-state index is 10.2. The Labute approximate surface area is 154 Å². The van der Waals surface area contributed by atoms with E-state index in [4.69, 9.17) is 12.2 Å². The summed E-state index contributed by atoms with van der Waals surface area (Å²) in [4.78, 5) is 2.17. The van der Waals surface area contributed by atoms with Gasteiger partial charge in [-0.2, -0.15) is 5.10 Å². The van der Waals surface area contributed by atoms with Crippen molar-refractivity contribution < 1.29 is 5.11 Å². The molecule has 0 saturated carbocycles. The van der Waals surface area contributed by atoms with Crippen molar-refractivity contribution in [2.24, 2.45) is 5.10 Å². The molecule has 0 heterocycles. The van der Waals surface area contributed by atoms with Crippen molar-refractivity contribution >= 4 is 34.9 Å². The van der Waals surface area contributed by atoms with Crippen LogP contribution in [0, 0.1) is 6.92 Å². The Balaban J connectivity index is 1.95. The molecule has 0 aromatic heterocycles. The summed E-state index contributed by atoms with van der Waals surface area (Å²) < 4.78 is 0. The van der Waals surface area contributed by atoms with E-state index in [1.54, 1.807) is 12.3 Å². The quantitative estimate of drug-likeness (QED) is 0.417. The number of phenolic OH excluding ortho intramolecular Hbond substituents is 1. The SMILES string of the molecule is CCN(CC)c1ccc(/C=N\NC(=S)Nc2ccc(C)cc2)c(O)c1. The third-order valence-electron chi connectivity index (χ3n) is 3.82. The molecule has 2 aromatic rings. The number of anilines is 2. The van der Waals surface area contributed by atoms with E-state index in [2.05, 4.69) is 34.6 Å². The van der Waals surface area contributed by atoms with Crippen molar-refractivity contribution in [2.75, 3.05) is 23.3 Å². The van der Waals surface area contributed by atoms with Crippen LogP contribution in [-0.4, -0.2) is 29.5 Å². The van der Waals surface area contributed by atoms with Crippen LogP contribution in [0.25, 0.3) is 0 Å². The largest absolute Gasteiger partial charge is 0.507 e. The summed E-state index contributed by atoms with van der Waals surface area (Å²) in [5, 5.41) is 17.7. The van der Waals surface area contributed by atoms with E-state index in [-0.39, 0.29) is 5.75 Å². The van der Waals surface area contributed by atoms with Crippen molar-refractivity contribution in [3.8, 4) is 5.75 Å². The maximum Gasteiger partial charge on any atom is 0.191 e. The van der Waals surface area contributed by atoms with Crippen LogP contribution < -0.4 is 15.6 Å². The number of aromatic hydroxyl groups is 1. The van der Waals surface area contributed by atoms with Crippen LogP contribution in [0.15, 0.2) is 47.6 Å². The number of rotatable bonds is 6. The first kappa shape index (κ1) is 18.7. The van der Waals surface area contributed by atoms with Crippen LogP contribution in [0.4, 0.5) is 11.4 Å². The molecule has 0 bridgehead atoms. The average molecular weight is 356 g/mol. The van der Waals surface area contributed by atoms with Gasteiger partial charge in [0.25, 0.3) is 0 Å². The molecule has 0 fully saturated rings. The number of aryl methyl sites for hydroxylation is 1. The molecule has 3 N–H and O–H groups in total. The van der Waals surface area contributed by atoms with Crippen LogP contribution in [0.5, 0.6) is 5.75 Å². The molecule has 2 aromatic carbocycles. The average Bonchev–Trinajstić information content (AvgIpc) is 2.60. The van der Waals surface area contributed by atoms with Crippen LogP contribution >= 0.6 is 12.2 Å². The number of hydrogen-bond acceptors (Lipinski definition) is 4. The lowest BCUT2D eigenvalue weighted by Crippen LogP contribution is -2.23. The minimum Gasteiger partial charge on any atom is -0.507 e. The highest BCUT2D eigenvalue weighted by atomic mass is 32.1. The second-order valence-corrected chi connectivity index (χ2v) is 6.01. The Hall–Kier alpha value is -2.60. The predicted octanol–water partition coefficient (Wildman–Crippen LogP) is 3.87. The van der Waals surface area contributed by atoms with Gasteiger partial charge in [-0.25, -0.2) is 0 Å². The Morgan fingerprint density at radius 2 is 1.84 bits per heavy atom. The summed E-state index contributed by atoms with van der Waals surface area (Å²) in [6.45, 7) is 7.99. The Morgan fingerprint density at radius 1 is 1.16 bits per heavy atom. The fourth-order valence-electron chi connectivity index (χ4n) is 2.38. The standard InChI is InChI=1S/C19H24N4OS/c1-4-23(5-2)17-11-8-15(18(24)12-17)13-20-22-19(25)21-16-9-6-14(3)7-10-16/h6-13,24H,4-5H2,1-3H3,(H2,21,22,25)/b20-13-. The molecule has 25 heavy (non-hydrogen) atoms. The maximum absolute atomic E-state index is 10.2. The summed E-state index contributed by atoms with van der Waals surface area (Å²) in [7, 11) is 0. The Kier molecular flexibility index (Phi) is 6.77. The van der Waals surface area contributed by atoms with Gasteiger partial charge in [0.2, 0.25) is 0 Å². The summed E-state index contributed by atoms with van der Waals surface area (Å²) in [5.41, 5.74) is 6.45.